The molecule has 0 aliphatic carbocycles. The first-order valence-corrected chi connectivity index (χ1v) is 11.6. The zero-order valence-corrected chi connectivity index (χ0v) is 19.1. The fourth-order valence-electron chi connectivity index (χ4n) is 2.60. The van der Waals surface area contributed by atoms with Crippen molar-refractivity contribution in [2.24, 2.45) is 0 Å². The maximum Gasteiger partial charge on any atom is 0.263 e. The Labute approximate surface area is 186 Å². The summed E-state index contributed by atoms with van der Waals surface area (Å²) in [5.74, 6) is -0.383. The summed E-state index contributed by atoms with van der Waals surface area (Å²) in [7, 11) is -4.09. The Morgan fingerprint density at radius 1 is 1.00 bits per heavy atom. The van der Waals surface area contributed by atoms with Crippen molar-refractivity contribution in [1.29, 1.82) is 0 Å². The van der Waals surface area contributed by atoms with Crippen molar-refractivity contribution in [2.45, 2.75) is 18.7 Å². The molecule has 2 N–H and O–H groups in total. The molecular weight excluding hydrogens is 457 g/mol. The van der Waals surface area contributed by atoms with Crippen molar-refractivity contribution >= 4 is 56.4 Å². The Balaban J connectivity index is 2.21. The number of carbonyl (C=O) groups is 1. The maximum absolute atomic E-state index is 12.8. The summed E-state index contributed by atoms with van der Waals surface area (Å²) in [5, 5.41) is 3.27. The average molecular weight is 479 g/mol. The van der Waals surface area contributed by atoms with E-state index in [1.165, 1.54) is 36.4 Å². The Morgan fingerprint density at radius 3 is 2.31 bits per heavy atom. The second kappa shape index (κ2) is 10.5. The molecule has 0 heterocycles. The maximum atomic E-state index is 12.8. The summed E-state index contributed by atoms with van der Waals surface area (Å²) in [6.45, 7) is 7.00. The molecule has 0 unspecified atom stereocenters. The van der Waals surface area contributed by atoms with E-state index in [0.29, 0.717) is 18.1 Å². The Hall–Kier alpha value is -1.51. The van der Waals surface area contributed by atoms with Gasteiger partial charge in [-0.1, -0.05) is 48.7 Å². The minimum atomic E-state index is -4.09. The van der Waals surface area contributed by atoms with Crippen molar-refractivity contribution in [1.82, 2.24) is 10.2 Å². The first kappa shape index (κ1) is 23.8. The second-order valence-corrected chi connectivity index (χ2v) is 9.06. The zero-order valence-electron chi connectivity index (χ0n) is 16.0. The third-order valence-corrected chi connectivity index (χ3v) is 6.68. The Bertz CT molecular complexity index is 980. The van der Waals surface area contributed by atoms with Crippen LogP contribution in [0.1, 0.15) is 24.2 Å². The van der Waals surface area contributed by atoms with Gasteiger partial charge in [0, 0.05) is 23.7 Å². The number of carbonyl (C=O) groups excluding carboxylic acids is 1. The number of hydrogen-bond acceptors (Lipinski definition) is 4. The van der Waals surface area contributed by atoms with Crippen LogP contribution in [0.5, 0.6) is 0 Å². The lowest BCUT2D eigenvalue weighted by atomic mass is 10.2. The van der Waals surface area contributed by atoms with Crippen molar-refractivity contribution in [3.63, 3.8) is 0 Å². The van der Waals surface area contributed by atoms with Crippen LogP contribution >= 0.6 is 34.8 Å². The number of hydrogen-bond donors (Lipinski definition) is 2. The third-order valence-electron chi connectivity index (χ3n) is 4.26. The number of nitrogens with zero attached hydrogens (tertiary/aromatic N) is 1. The van der Waals surface area contributed by atoms with Crippen LogP contribution in [0.15, 0.2) is 41.3 Å². The molecule has 0 aliphatic rings. The van der Waals surface area contributed by atoms with E-state index in [1.807, 2.05) is 13.8 Å². The van der Waals surface area contributed by atoms with E-state index in [0.717, 1.165) is 13.1 Å². The van der Waals surface area contributed by atoms with E-state index < -0.39 is 10.0 Å². The van der Waals surface area contributed by atoms with Crippen molar-refractivity contribution in [3.05, 3.63) is 57.0 Å². The molecule has 6 nitrogen and oxygen atoms in total. The van der Waals surface area contributed by atoms with Gasteiger partial charge in [-0.3, -0.25) is 9.52 Å². The normalized spacial score (nSPS) is 11.5. The van der Waals surface area contributed by atoms with Crippen LogP contribution in [0.25, 0.3) is 0 Å². The topological polar surface area (TPSA) is 78.5 Å². The van der Waals surface area contributed by atoms with Crippen molar-refractivity contribution in [3.8, 4) is 0 Å². The molecule has 0 radical (unpaired) electrons. The number of amides is 1. The van der Waals surface area contributed by atoms with Gasteiger partial charge in [0.2, 0.25) is 0 Å². The van der Waals surface area contributed by atoms with Gasteiger partial charge < -0.3 is 10.2 Å². The monoisotopic (exact) mass is 477 g/mol. The molecule has 2 rings (SSSR count). The number of nitrogens with one attached hydrogen (secondary N) is 2. The van der Waals surface area contributed by atoms with E-state index in [1.54, 1.807) is 0 Å². The highest BCUT2D eigenvalue weighted by molar-refractivity contribution is 7.92. The molecule has 0 aromatic heterocycles. The molecule has 0 fully saturated rings. The average Bonchev–Trinajstić information content (AvgIpc) is 2.68. The minimum absolute atomic E-state index is 0.0182. The summed E-state index contributed by atoms with van der Waals surface area (Å²) >= 11 is 18.0. The minimum Gasteiger partial charge on any atom is -0.351 e. The lowest BCUT2D eigenvalue weighted by molar-refractivity contribution is 0.0948. The first-order valence-electron chi connectivity index (χ1n) is 8.96. The van der Waals surface area contributed by atoms with Gasteiger partial charge in [-0.25, -0.2) is 8.42 Å². The highest BCUT2D eigenvalue weighted by Gasteiger charge is 2.21. The van der Waals surface area contributed by atoms with Crippen LogP contribution in [0.4, 0.5) is 5.69 Å². The fraction of sp³-hybridized carbons (Fsp3) is 0.316. The van der Waals surface area contributed by atoms with Gasteiger partial charge >= 0.3 is 0 Å². The molecular formula is C19H22Cl3N3O3S. The number of likely N-dealkylation sites (N-methyl/N-ethyl adjacent to an activating group) is 1. The van der Waals surface area contributed by atoms with Gasteiger partial charge in [0.05, 0.1) is 15.7 Å². The molecule has 0 spiro atoms. The largest absolute Gasteiger partial charge is 0.351 e. The van der Waals surface area contributed by atoms with Crippen LogP contribution in [-0.4, -0.2) is 45.4 Å². The number of benzene rings is 2. The van der Waals surface area contributed by atoms with Gasteiger partial charge in [0.25, 0.3) is 15.9 Å². The molecule has 158 valence electrons. The summed E-state index contributed by atoms with van der Waals surface area (Å²) < 4.78 is 28.0. The Kier molecular flexibility index (Phi) is 8.60. The van der Waals surface area contributed by atoms with Gasteiger partial charge in [-0.2, -0.15) is 0 Å². The van der Waals surface area contributed by atoms with Gasteiger partial charge in [-0.15, -0.1) is 0 Å². The quantitative estimate of drug-likeness (QED) is 0.555. The third kappa shape index (κ3) is 6.49. The first-order chi connectivity index (χ1) is 13.7. The number of anilines is 1. The molecule has 1 amide bonds. The van der Waals surface area contributed by atoms with Gasteiger partial charge in [0.15, 0.2) is 0 Å². The number of halogens is 3. The molecule has 2 aromatic carbocycles. The lowest BCUT2D eigenvalue weighted by Crippen LogP contribution is -2.34. The molecule has 0 bridgehead atoms. The van der Waals surface area contributed by atoms with E-state index in [9.17, 15) is 13.2 Å². The van der Waals surface area contributed by atoms with Gasteiger partial charge in [-0.05, 0) is 49.5 Å². The molecule has 0 aliphatic heterocycles. The van der Waals surface area contributed by atoms with E-state index >= 15 is 0 Å². The smallest absolute Gasteiger partial charge is 0.263 e. The summed E-state index contributed by atoms with van der Waals surface area (Å²) in [6.07, 6.45) is 0. The van der Waals surface area contributed by atoms with Crippen LogP contribution in [0, 0.1) is 0 Å². The standard InChI is InChI=1S/C19H22Cl3N3O3S/c1-3-25(4-2)10-9-23-19(26)13-5-7-16(22)18(11-13)29(27,28)24-17-12-14(20)6-8-15(17)21/h5-8,11-12,24H,3-4,9-10H2,1-2H3,(H,23,26). The zero-order chi connectivity index (χ0) is 21.6. The predicted molar refractivity (Wildman–Crippen MR) is 119 cm³/mol. The highest BCUT2D eigenvalue weighted by Crippen LogP contribution is 2.30. The number of sulfonamides is 1. The van der Waals surface area contributed by atoms with Gasteiger partial charge in [0.1, 0.15) is 4.90 Å². The van der Waals surface area contributed by atoms with E-state index in [2.05, 4.69) is 14.9 Å². The lowest BCUT2D eigenvalue weighted by Gasteiger charge is -2.18. The predicted octanol–water partition coefficient (Wildman–Crippen LogP) is 4.52. The van der Waals surface area contributed by atoms with E-state index in [4.69, 9.17) is 34.8 Å². The van der Waals surface area contributed by atoms with Crippen molar-refractivity contribution < 1.29 is 13.2 Å². The molecule has 2 aromatic rings. The summed E-state index contributed by atoms with van der Waals surface area (Å²) in [6, 6.07) is 8.48. The van der Waals surface area contributed by atoms with Crippen LogP contribution in [-0.2, 0) is 10.0 Å². The molecule has 0 saturated heterocycles. The fourth-order valence-corrected chi connectivity index (χ4v) is 4.59. The SMILES string of the molecule is CCN(CC)CCNC(=O)c1ccc(Cl)c(S(=O)(=O)Nc2cc(Cl)ccc2Cl)c1. The Morgan fingerprint density at radius 2 is 1.66 bits per heavy atom. The highest BCUT2D eigenvalue weighted by atomic mass is 35.5. The molecule has 29 heavy (non-hydrogen) atoms. The summed E-state index contributed by atoms with van der Waals surface area (Å²) in [5.41, 5.74) is 0.302. The van der Waals surface area contributed by atoms with E-state index in [-0.39, 0.29) is 32.1 Å². The summed E-state index contributed by atoms with van der Waals surface area (Å²) in [4.78, 5) is 14.4. The molecule has 10 heteroatoms. The molecule has 0 atom stereocenters. The van der Waals surface area contributed by atoms with Crippen LogP contribution in [0.3, 0.4) is 0 Å². The van der Waals surface area contributed by atoms with Crippen LogP contribution < -0.4 is 10.0 Å². The number of rotatable bonds is 9. The second-order valence-electron chi connectivity index (χ2n) is 6.16. The molecule has 0 saturated carbocycles. The van der Waals surface area contributed by atoms with Crippen LogP contribution in [0.2, 0.25) is 15.1 Å². The van der Waals surface area contributed by atoms with Crippen molar-refractivity contribution in [2.75, 3.05) is 30.9 Å².